The topological polar surface area (TPSA) is 90.1 Å². The predicted molar refractivity (Wildman–Crippen MR) is 64.6 cm³/mol. The van der Waals surface area contributed by atoms with Crippen molar-refractivity contribution in [1.82, 2.24) is 4.98 Å². The smallest absolute Gasteiger partial charge is 0.268 e. The molecule has 0 bridgehead atoms. The number of nitrogens with zero attached hydrogens (tertiary/aromatic N) is 1. The molecule has 0 aliphatic heterocycles. The third-order valence-electron chi connectivity index (χ3n) is 2.35. The number of sulfone groups is 1. The van der Waals surface area contributed by atoms with E-state index >= 15 is 0 Å². The highest BCUT2D eigenvalue weighted by Gasteiger charge is 2.23. The molecule has 6 heteroatoms. The van der Waals surface area contributed by atoms with Crippen LogP contribution < -0.4 is 5.73 Å². The molecule has 2 rings (SSSR count). The van der Waals surface area contributed by atoms with Crippen LogP contribution in [0.1, 0.15) is 10.5 Å². The van der Waals surface area contributed by atoms with Gasteiger partial charge in [0.25, 0.3) is 5.91 Å². The Morgan fingerprint density at radius 3 is 2.33 bits per heavy atom. The molecule has 0 spiro atoms. The average Bonchev–Trinajstić information content (AvgIpc) is 2.39. The first-order chi connectivity index (χ1) is 8.53. The Kier molecular flexibility index (Phi) is 3.12. The fraction of sp³-hybridized carbons (Fsp3) is 0. The van der Waals surface area contributed by atoms with E-state index in [2.05, 4.69) is 4.98 Å². The first kappa shape index (κ1) is 12.3. The van der Waals surface area contributed by atoms with E-state index in [1.54, 1.807) is 18.2 Å². The lowest BCUT2D eigenvalue weighted by molar-refractivity contribution is 0.0992. The molecule has 2 aromatic rings. The summed E-state index contributed by atoms with van der Waals surface area (Å²) in [4.78, 5) is 14.8. The lowest BCUT2D eigenvalue weighted by atomic mass is 10.3. The molecule has 0 aliphatic carbocycles. The monoisotopic (exact) mass is 262 g/mol. The predicted octanol–water partition coefficient (Wildman–Crippen LogP) is 1.01. The van der Waals surface area contributed by atoms with Crippen molar-refractivity contribution in [2.24, 2.45) is 5.73 Å². The minimum Gasteiger partial charge on any atom is -0.364 e. The van der Waals surface area contributed by atoms with Gasteiger partial charge in [0.15, 0.2) is 0 Å². The van der Waals surface area contributed by atoms with E-state index in [9.17, 15) is 13.2 Å². The van der Waals surface area contributed by atoms with Gasteiger partial charge in [0.1, 0.15) is 10.6 Å². The van der Waals surface area contributed by atoms with Gasteiger partial charge in [-0.05, 0) is 24.3 Å². The van der Waals surface area contributed by atoms with Crippen molar-refractivity contribution < 1.29 is 13.2 Å². The highest BCUT2D eigenvalue weighted by Crippen LogP contribution is 2.22. The van der Waals surface area contributed by atoms with Crippen LogP contribution in [0.3, 0.4) is 0 Å². The van der Waals surface area contributed by atoms with Gasteiger partial charge in [0.05, 0.1) is 4.90 Å². The van der Waals surface area contributed by atoms with Gasteiger partial charge >= 0.3 is 0 Å². The van der Waals surface area contributed by atoms with Gasteiger partial charge in [-0.1, -0.05) is 18.2 Å². The minimum atomic E-state index is -3.78. The molecule has 0 aliphatic rings. The van der Waals surface area contributed by atoms with E-state index in [1.807, 2.05) is 0 Å². The standard InChI is InChI=1S/C12H10N2O3S/c13-12(15)11-10(7-4-8-14-11)18(16,17)9-5-2-1-3-6-9/h1-8H,(H2,13,15). The number of rotatable bonds is 3. The minimum absolute atomic E-state index is 0.0977. The van der Waals surface area contributed by atoms with E-state index in [1.165, 1.54) is 30.5 Å². The molecule has 92 valence electrons. The maximum atomic E-state index is 12.3. The van der Waals surface area contributed by atoms with E-state index in [4.69, 9.17) is 5.73 Å². The Labute approximate surface area is 104 Å². The average molecular weight is 262 g/mol. The fourth-order valence-corrected chi connectivity index (χ4v) is 2.95. The van der Waals surface area contributed by atoms with Crippen molar-refractivity contribution in [3.63, 3.8) is 0 Å². The SMILES string of the molecule is NC(=O)c1ncccc1S(=O)(=O)c1ccccc1. The highest BCUT2D eigenvalue weighted by atomic mass is 32.2. The van der Waals surface area contributed by atoms with Crippen molar-refractivity contribution in [2.75, 3.05) is 0 Å². The third-order valence-corrected chi connectivity index (χ3v) is 4.15. The molecule has 0 fully saturated rings. The zero-order valence-electron chi connectivity index (χ0n) is 9.28. The molecule has 1 aromatic carbocycles. The third kappa shape index (κ3) is 2.10. The number of nitrogens with two attached hydrogens (primary N) is 1. The summed E-state index contributed by atoms with van der Waals surface area (Å²) in [6.45, 7) is 0. The Balaban J connectivity index is 2.66. The molecule has 0 atom stereocenters. The summed E-state index contributed by atoms with van der Waals surface area (Å²) in [5.74, 6) is -0.870. The molecule has 0 radical (unpaired) electrons. The number of amides is 1. The van der Waals surface area contributed by atoms with Crippen molar-refractivity contribution in [1.29, 1.82) is 0 Å². The first-order valence-corrected chi connectivity index (χ1v) is 6.57. The second-order valence-electron chi connectivity index (χ2n) is 3.53. The normalized spacial score (nSPS) is 11.1. The summed E-state index contributed by atoms with van der Waals surface area (Å²) < 4.78 is 24.6. The zero-order valence-corrected chi connectivity index (χ0v) is 10.1. The maximum absolute atomic E-state index is 12.3. The molecule has 0 unspecified atom stereocenters. The van der Waals surface area contributed by atoms with Crippen LogP contribution in [0.15, 0.2) is 58.5 Å². The number of pyridine rings is 1. The van der Waals surface area contributed by atoms with Gasteiger partial charge in [-0.15, -0.1) is 0 Å². The van der Waals surface area contributed by atoms with Gasteiger partial charge in [-0.25, -0.2) is 13.4 Å². The molecule has 0 saturated carbocycles. The maximum Gasteiger partial charge on any atom is 0.268 e. The second kappa shape index (κ2) is 4.58. The van der Waals surface area contributed by atoms with Crippen LogP contribution in [0, 0.1) is 0 Å². The Morgan fingerprint density at radius 1 is 1.06 bits per heavy atom. The van der Waals surface area contributed by atoms with Crippen LogP contribution >= 0.6 is 0 Å². The van der Waals surface area contributed by atoms with Crippen molar-refractivity contribution >= 4 is 15.7 Å². The summed E-state index contributed by atoms with van der Waals surface area (Å²) >= 11 is 0. The van der Waals surface area contributed by atoms with E-state index < -0.39 is 15.7 Å². The number of hydrogen-bond donors (Lipinski definition) is 1. The van der Waals surface area contributed by atoms with Crippen LogP contribution in [0.2, 0.25) is 0 Å². The molecule has 18 heavy (non-hydrogen) atoms. The van der Waals surface area contributed by atoms with Crippen LogP contribution in [0.25, 0.3) is 0 Å². The van der Waals surface area contributed by atoms with Gasteiger partial charge < -0.3 is 5.73 Å². The molecule has 1 heterocycles. The highest BCUT2D eigenvalue weighted by molar-refractivity contribution is 7.91. The molecule has 5 nitrogen and oxygen atoms in total. The van der Waals surface area contributed by atoms with Crippen LogP contribution in [0.4, 0.5) is 0 Å². The van der Waals surface area contributed by atoms with Gasteiger partial charge in [-0.2, -0.15) is 0 Å². The summed E-state index contributed by atoms with van der Waals surface area (Å²) in [7, 11) is -3.78. The number of hydrogen-bond acceptors (Lipinski definition) is 4. The van der Waals surface area contributed by atoms with Gasteiger partial charge in [0.2, 0.25) is 9.84 Å². The molecular weight excluding hydrogens is 252 g/mol. The quantitative estimate of drug-likeness (QED) is 0.893. The number of carbonyl (C=O) groups is 1. The van der Waals surface area contributed by atoms with Gasteiger partial charge in [0, 0.05) is 6.20 Å². The number of primary amides is 1. The van der Waals surface area contributed by atoms with Crippen LogP contribution in [-0.4, -0.2) is 19.3 Å². The zero-order chi connectivity index (χ0) is 13.2. The molecule has 1 amide bonds. The first-order valence-electron chi connectivity index (χ1n) is 5.08. The van der Waals surface area contributed by atoms with Crippen molar-refractivity contribution in [3.05, 3.63) is 54.4 Å². The number of aromatic nitrogens is 1. The van der Waals surface area contributed by atoms with Crippen molar-refractivity contribution in [3.8, 4) is 0 Å². The van der Waals surface area contributed by atoms with Crippen LogP contribution in [-0.2, 0) is 9.84 Å². The Morgan fingerprint density at radius 2 is 1.72 bits per heavy atom. The Bertz CT molecular complexity index is 681. The number of benzene rings is 1. The fourth-order valence-electron chi connectivity index (χ4n) is 1.52. The molecular formula is C12H10N2O3S. The summed E-state index contributed by atoms with van der Waals surface area (Å²) in [5, 5.41) is 0. The summed E-state index contributed by atoms with van der Waals surface area (Å²) in [6.07, 6.45) is 1.32. The second-order valence-corrected chi connectivity index (χ2v) is 5.45. The van der Waals surface area contributed by atoms with E-state index in [-0.39, 0.29) is 15.5 Å². The van der Waals surface area contributed by atoms with E-state index in [0.717, 1.165) is 0 Å². The van der Waals surface area contributed by atoms with Crippen LogP contribution in [0.5, 0.6) is 0 Å². The molecule has 0 saturated heterocycles. The molecule has 1 aromatic heterocycles. The largest absolute Gasteiger partial charge is 0.364 e. The Hall–Kier alpha value is -2.21. The van der Waals surface area contributed by atoms with E-state index in [0.29, 0.717) is 0 Å². The summed E-state index contributed by atoms with van der Waals surface area (Å²) in [6, 6.07) is 10.6. The molecule has 2 N–H and O–H groups in total. The summed E-state index contributed by atoms with van der Waals surface area (Å²) in [5.41, 5.74) is 4.87. The lowest BCUT2D eigenvalue weighted by Crippen LogP contribution is -2.18. The van der Waals surface area contributed by atoms with Crippen molar-refractivity contribution in [2.45, 2.75) is 9.79 Å². The number of carbonyl (C=O) groups excluding carboxylic acids is 1. The van der Waals surface area contributed by atoms with Gasteiger partial charge in [-0.3, -0.25) is 4.79 Å². The lowest BCUT2D eigenvalue weighted by Gasteiger charge is -2.06.